The van der Waals surface area contributed by atoms with E-state index < -0.39 is 0 Å². The average molecular weight is 415 g/mol. The first-order valence-electron chi connectivity index (χ1n) is 11.8. The third-order valence-electron chi connectivity index (χ3n) is 4.85. The van der Waals surface area contributed by atoms with E-state index >= 15 is 0 Å². The van der Waals surface area contributed by atoms with Crippen LogP contribution in [0.3, 0.4) is 0 Å². The van der Waals surface area contributed by atoms with Crippen molar-refractivity contribution in [2.75, 3.05) is 39.5 Å². The largest absolute Gasteiger partial charge is 0.377 e. The maximum absolute atomic E-state index is 11.7. The van der Waals surface area contributed by atoms with Gasteiger partial charge in [0.1, 0.15) is 6.61 Å². The molecular formula is C23H46N2O4. The van der Waals surface area contributed by atoms with E-state index in [4.69, 9.17) is 15.2 Å². The van der Waals surface area contributed by atoms with Gasteiger partial charge in [-0.25, -0.2) is 0 Å². The highest BCUT2D eigenvalue weighted by Crippen LogP contribution is 2.12. The van der Waals surface area contributed by atoms with Crippen LogP contribution in [0.1, 0.15) is 96.8 Å². The summed E-state index contributed by atoms with van der Waals surface area (Å²) in [5.74, 6) is 0.116. The third kappa shape index (κ3) is 25.0. The van der Waals surface area contributed by atoms with Crippen LogP contribution in [0.25, 0.3) is 0 Å². The number of unbranched alkanes of at least 4 members (excludes halogenated alkanes) is 12. The van der Waals surface area contributed by atoms with Gasteiger partial charge in [0.25, 0.3) is 0 Å². The lowest BCUT2D eigenvalue weighted by molar-refractivity contribution is -0.123. The Bertz CT molecular complexity index is 378. The van der Waals surface area contributed by atoms with Crippen LogP contribution in [-0.4, -0.2) is 51.2 Å². The van der Waals surface area contributed by atoms with Crippen molar-refractivity contribution in [1.29, 1.82) is 0 Å². The summed E-state index contributed by atoms with van der Waals surface area (Å²) in [6.45, 7) is 4.31. The van der Waals surface area contributed by atoms with Gasteiger partial charge in [-0.15, -0.1) is 0 Å². The molecule has 3 N–H and O–H groups in total. The quantitative estimate of drug-likeness (QED) is 0.245. The van der Waals surface area contributed by atoms with Crippen molar-refractivity contribution in [3.05, 3.63) is 0 Å². The molecule has 0 spiro atoms. The molecule has 0 aromatic carbocycles. The second-order valence-electron chi connectivity index (χ2n) is 7.85. The molecule has 0 radical (unpaired) electrons. The maximum atomic E-state index is 11.7. The van der Waals surface area contributed by atoms with Crippen LogP contribution >= 0.6 is 0 Å². The molecule has 0 bridgehead atoms. The van der Waals surface area contributed by atoms with Gasteiger partial charge < -0.3 is 20.5 Å². The Kier molecular flexibility index (Phi) is 22.5. The lowest BCUT2D eigenvalue weighted by Crippen LogP contribution is -2.27. The molecule has 29 heavy (non-hydrogen) atoms. The molecule has 0 atom stereocenters. The van der Waals surface area contributed by atoms with Gasteiger partial charge in [0.2, 0.25) is 5.91 Å². The number of amides is 1. The molecule has 0 aliphatic heterocycles. The predicted molar refractivity (Wildman–Crippen MR) is 119 cm³/mol. The summed E-state index contributed by atoms with van der Waals surface area (Å²) < 4.78 is 10.4. The van der Waals surface area contributed by atoms with Crippen LogP contribution in [0, 0.1) is 0 Å². The molecule has 0 unspecified atom stereocenters. The minimum absolute atomic E-state index is 0.0116. The van der Waals surface area contributed by atoms with Gasteiger partial charge in [-0.2, -0.15) is 0 Å². The molecule has 0 saturated carbocycles. The number of nitrogens with two attached hydrogens (primary N) is 1. The van der Waals surface area contributed by atoms with Crippen LogP contribution in [-0.2, 0) is 19.1 Å². The lowest BCUT2D eigenvalue weighted by atomic mass is 10.0. The van der Waals surface area contributed by atoms with Crippen molar-refractivity contribution < 1.29 is 19.1 Å². The number of hydrogen-bond acceptors (Lipinski definition) is 5. The molecular weight excluding hydrogens is 368 g/mol. The maximum Gasteiger partial charge on any atom is 0.220 e. The molecule has 1 amide bonds. The van der Waals surface area contributed by atoms with Crippen molar-refractivity contribution in [1.82, 2.24) is 5.32 Å². The van der Waals surface area contributed by atoms with Crippen LogP contribution in [0.5, 0.6) is 0 Å². The molecule has 172 valence electrons. The Morgan fingerprint density at radius 3 is 1.69 bits per heavy atom. The van der Waals surface area contributed by atoms with Crippen molar-refractivity contribution >= 4 is 11.7 Å². The number of carbonyl (C=O) groups excluding carboxylic acids is 2. The standard InChI is InChI=1S/C23H46N2O4/c1-22(26)21-29-20-19-28-18-17-25-23(27)15-13-11-9-7-5-3-2-4-6-8-10-12-14-16-24/h2-21,24H2,1H3,(H,25,27). The van der Waals surface area contributed by atoms with Gasteiger partial charge in [-0.3, -0.25) is 9.59 Å². The van der Waals surface area contributed by atoms with Crippen LogP contribution < -0.4 is 11.1 Å². The minimum Gasteiger partial charge on any atom is -0.377 e. The first-order valence-corrected chi connectivity index (χ1v) is 11.8. The van der Waals surface area contributed by atoms with Gasteiger partial charge in [0.15, 0.2) is 5.78 Å². The average Bonchev–Trinajstić information content (AvgIpc) is 2.70. The Hall–Kier alpha value is -0.980. The van der Waals surface area contributed by atoms with E-state index in [1.54, 1.807) is 0 Å². The molecule has 0 aromatic heterocycles. The van der Waals surface area contributed by atoms with Crippen molar-refractivity contribution in [2.24, 2.45) is 5.73 Å². The van der Waals surface area contributed by atoms with Crippen LogP contribution in [0.15, 0.2) is 0 Å². The molecule has 0 aliphatic rings. The second-order valence-corrected chi connectivity index (χ2v) is 7.85. The molecule has 0 saturated heterocycles. The monoisotopic (exact) mass is 414 g/mol. The third-order valence-corrected chi connectivity index (χ3v) is 4.85. The number of nitrogens with one attached hydrogen (secondary N) is 1. The van der Waals surface area contributed by atoms with E-state index in [1.165, 1.54) is 77.6 Å². The SMILES string of the molecule is CC(=O)COCCOCCNC(=O)CCCCCCCCCCCCCCCN. The van der Waals surface area contributed by atoms with E-state index in [-0.39, 0.29) is 18.3 Å². The summed E-state index contributed by atoms with van der Waals surface area (Å²) in [5.41, 5.74) is 5.50. The van der Waals surface area contributed by atoms with Gasteiger partial charge in [-0.05, 0) is 26.3 Å². The van der Waals surface area contributed by atoms with Crippen LogP contribution in [0.4, 0.5) is 0 Å². The topological polar surface area (TPSA) is 90.6 Å². The van der Waals surface area contributed by atoms with Crippen molar-refractivity contribution in [3.63, 3.8) is 0 Å². The first-order chi connectivity index (χ1) is 14.2. The zero-order valence-electron chi connectivity index (χ0n) is 18.9. The summed E-state index contributed by atoms with van der Waals surface area (Å²) in [6.07, 6.45) is 17.2. The fourth-order valence-corrected chi connectivity index (χ4v) is 3.16. The summed E-state index contributed by atoms with van der Waals surface area (Å²) in [6, 6.07) is 0. The van der Waals surface area contributed by atoms with E-state index in [0.717, 1.165) is 19.4 Å². The zero-order chi connectivity index (χ0) is 21.4. The zero-order valence-corrected chi connectivity index (χ0v) is 18.9. The fraction of sp³-hybridized carbons (Fsp3) is 0.913. The number of Topliss-reactive ketones (excluding diaryl/α,β-unsaturated/α-hetero) is 1. The second kappa shape index (κ2) is 23.3. The van der Waals surface area contributed by atoms with Gasteiger partial charge in [-0.1, -0.05) is 70.6 Å². The molecule has 6 nitrogen and oxygen atoms in total. The smallest absolute Gasteiger partial charge is 0.220 e. The van der Waals surface area contributed by atoms with Crippen molar-refractivity contribution in [2.45, 2.75) is 96.8 Å². The fourth-order valence-electron chi connectivity index (χ4n) is 3.16. The Labute approximate surface area is 178 Å². The van der Waals surface area contributed by atoms with Gasteiger partial charge >= 0.3 is 0 Å². The Balaban J connectivity index is 3.15. The number of ether oxygens (including phenoxy) is 2. The number of rotatable bonds is 23. The molecule has 0 rings (SSSR count). The van der Waals surface area contributed by atoms with Crippen molar-refractivity contribution in [3.8, 4) is 0 Å². The first kappa shape index (κ1) is 28.0. The van der Waals surface area contributed by atoms with E-state index in [1.807, 2.05) is 0 Å². The highest BCUT2D eigenvalue weighted by molar-refractivity contribution is 5.76. The summed E-state index contributed by atoms with van der Waals surface area (Å²) in [5, 5.41) is 2.87. The molecule has 6 heteroatoms. The summed E-state index contributed by atoms with van der Waals surface area (Å²) >= 11 is 0. The Morgan fingerprint density at radius 1 is 0.690 bits per heavy atom. The highest BCUT2D eigenvalue weighted by atomic mass is 16.5. The number of ketones is 1. The molecule has 0 fully saturated rings. The Morgan fingerprint density at radius 2 is 1.17 bits per heavy atom. The summed E-state index contributed by atoms with van der Waals surface area (Å²) in [4.78, 5) is 22.4. The number of carbonyl (C=O) groups is 2. The number of hydrogen-bond donors (Lipinski definition) is 2. The summed E-state index contributed by atoms with van der Waals surface area (Å²) in [7, 11) is 0. The van der Waals surface area contributed by atoms with Gasteiger partial charge in [0, 0.05) is 13.0 Å². The molecule has 0 aromatic rings. The van der Waals surface area contributed by atoms with Gasteiger partial charge in [0.05, 0.1) is 19.8 Å². The van der Waals surface area contributed by atoms with Crippen LogP contribution in [0.2, 0.25) is 0 Å². The molecule has 0 heterocycles. The normalized spacial score (nSPS) is 11.0. The van der Waals surface area contributed by atoms with E-state index in [0.29, 0.717) is 32.8 Å². The minimum atomic E-state index is 0.0116. The highest BCUT2D eigenvalue weighted by Gasteiger charge is 2.01. The molecule has 0 aliphatic carbocycles. The predicted octanol–water partition coefficient (Wildman–Crippen LogP) is 4.14. The van der Waals surface area contributed by atoms with E-state index in [2.05, 4.69) is 5.32 Å². The van der Waals surface area contributed by atoms with E-state index in [9.17, 15) is 9.59 Å². The lowest BCUT2D eigenvalue weighted by Gasteiger charge is -2.07.